The Labute approximate surface area is 182 Å². The van der Waals surface area contributed by atoms with Crippen LogP contribution in [0, 0.1) is 25.7 Å². The summed E-state index contributed by atoms with van der Waals surface area (Å²) in [5, 5.41) is 0. The Balaban J connectivity index is 1.71. The van der Waals surface area contributed by atoms with Gasteiger partial charge in [-0.05, 0) is 51.3 Å². The lowest BCUT2D eigenvalue weighted by molar-refractivity contribution is 0.126. The molecule has 0 saturated carbocycles. The molecule has 0 aliphatic carbocycles. The Morgan fingerprint density at radius 2 is 1.90 bits per heavy atom. The molecule has 0 bridgehead atoms. The van der Waals surface area contributed by atoms with Gasteiger partial charge in [-0.1, -0.05) is 41.2 Å². The number of ether oxygens (including phenoxy) is 1. The van der Waals surface area contributed by atoms with Gasteiger partial charge in [0, 0.05) is 16.8 Å². The molecule has 8 heteroatoms. The van der Waals surface area contributed by atoms with Crippen LogP contribution in [0.3, 0.4) is 0 Å². The van der Waals surface area contributed by atoms with Gasteiger partial charge in [-0.3, -0.25) is 4.52 Å². The second-order valence-electron chi connectivity index (χ2n) is 7.78. The fourth-order valence-electron chi connectivity index (χ4n) is 2.91. The summed E-state index contributed by atoms with van der Waals surface area (Å²) in [5.41, 5.74) is 8.91. The van der Waals surface area contributed by atoms with Crippen LogP contribution < -0.4 is 5.73 Å². The van der Waals surface area contributed by atoms with E-state index in [4.69, 9.17) is 20.3 Å². The summed E-state index contributed by atoms with van der Waals surface area (Å²) in [4.78, 5) is 19.7. The van der Waals surface area contributed by atoms with Gasteiger partial charge in [0.1, 0.15) is 0 Å². The third-order valence-corrected chi connectivity index (χ3v) is 5.83. The van der Waals surface area contributed by atoms with E-state index in [1.807, 2.05) is 12.1 Å². The highest BCUT2D eigenvalue weighted by atomic mass is 32.1. The minimum Gasteiger partial charge on any atom is -0.376 e. The first-order valence-corrected chi connectivity index (χ1v) is 12.1. The van der Waals surface area contributed by atoms with Gasteiger partial charge in [-0.15, -0.1) is 11.3 Å². The first-order chi connectivity index (χ1) is 14.0. The molecule has 0 spiro atoms. The van der Waals surface area contributed by atoms with Crippen LogP contribution in [0.2, 0.25) is 0 Å². The zero-order valence-electron chi connectivity index (χ0n) is 17.7. The molecule has 1 heterocycles. The van der Waals surface area contributed by atoms with E-state index < -0.39 is 13.4 Å². The number of hydrogen-bond acceptors (Lipinski definition) is 5. The van der Waals surface area contributed by atoms with E-state index in [1.165, 1.54) is 16.7 Å². The lowest BCUT2D eigenvalue weighted by Gasteiger charge is -2.24. The first-order valence-electron chi connectivity index (χ1n) is 9.74. The average molecular weight is 452 g/mol. The van der Waals surface area contributed by atoms with Gasteiger partial charge in [0.2, 0.25) is 0 Å². The highest BCUT2D eigenvalue weighted by molar-refractivity contribution is 7.46. The SMILES string of the molecule is Cc1cc(C)cc(COCCC#Cc2ccc(CCC(C)(N)COP(=O)(O)O)s2)c1. The van der Waals surface area contributed by atoms with Crippen molar-refractivity contribution in [2.24, 2.45) is 5.73 Å². The molecule has 1 atom stereocenters. The summed E-state index contributed by atoms with van der Waals surface area (Å²) in [6, 6.07) is 10.4. The Bertz CT molecular complexity index is 918. The fourth-order valence-corrected chi connectivity index (χ4v) is 4.25. The third kappa shape index (κ3) is 10.0. The highest BCUT2D eigenvalue weighted by Crippen LogP contribution is 2.37. The molecule has 4 N–H and O–H groups in total. The van der Waals surface area contributed by atoms with Gasteiger partial charge >= 0.3 is 7.82 Å². The van der Waals surface area contributed by atoms with Crippen molar-refractivity contribution >= 4 is 19.2 Å². The number of phosphoric ester groups is 1. The number of phosphoric acid groups is 1. The molecular formula is C22H30NO5PS. The van der Waals surface area contributed by atoms with Crippen LogP contribution in [0.4, 0.5) is 0 Å². The topological polar surface area (TPSA) is 102 Å². The Hall–Kier alpha value is -1.49. The number of benzene rings is 1. The first kappa shape index (κ1) is 24.8. The maximum Gasteiger partial charge on any atom is 0.469 e. The van der Waals surface area contributed by atoms with Crippen molar-refractivity contribution in [3.8, 4) is 11.8 Å². The zero-order chi connectivity index (χ0) is 22.2. The van der Waals surface area contributed by atoms with Crippen LogP contribution >= 0.6 is 19.2 Å². The largest absolute Gasteiger partial charge is 0.469 e. The molecule has 0 radical (unpaired) electrons. The molecule has 0 saturated heterocycles. The van der Waals surface area contributed by atoms with Crippen molar-refractivity contribution in [3.05, 3.63) is 56.8 Å². The van der Waals surface area contributed by atoms with Gasteiger partial charge in [0.25, 0.3) is 0 Å². The van der Waals surface area contributed by atoms with E-state index in [9.17, 15) is 4.57 Å². The molecule has 2 aromatic rings. The zero-order valence-corrected chi connectivity index (χ0v) is 19.4. The van der Waals surface area contributed by atoms with Gasteiger partial charge in [-0.25, -0.2) is 4.57 Å². The number of nitrogens with two attached hydrogens (primary N) is 1. The second kappa shape index (κ2) is 11.2. The summed E-state index contributed by atoms with van der Waals surface area (Å²) in [6.07, 6.45) is 1.91. The summed E-state index contributed by atoms with van der Waals surface area (Å²) in [7, 11) is -4.50. The van der Waals surface area contributed by atoms with E-state index in [-0.39, 0.29) is 6.61 Å². The van der Waals surface area contributed by atoms with Crippen LogP contribution in [-0.4, -0.2) is 28.5 Å². The summed E-state index contributed by atoms with van der Waals surface area (Å²) in [5.74, 6) is 6.29. The quantitative estimate of drug-likeness (QED) is 0.286. The van der Waals surface area contributed by atoms with Crippen molar-refractivity contribution in [2.45, 2.75) is 52.2 Å². The molecule has 0 aliphatic rings. The van der Waals surface area contributed by atoms with Crippen molar-refractivity contribution in [2.75, 3.05) is 13.2 Å². The van der Waals surface area contributed by atoms with Gasteiger partial charge in [0.15, 0.2) is 0 Å². The number of hydrogen-bond donors (Lipinski definition) is 3. The number of aryl methyl sites for hydroxylation is 3. The Morgan fingerprint density at radius 1 is 1.20 bits per heavy atom. The van der Waals surface area contributed by atoms with Gasteiger partial charge in [0.05, 0.1) is 24.7 Å². The van der Waals surface area contributed by atoms with Crippen molar-refractivity contribution < 1.29 is 23.6 Å². The maximum atomic E-state index is 10.8. The van der Waals surface area contributed by atoms with Crippen LogP contribution in [0.1, 0.15) is 46.2 Å². The molecule has 1 aromatic carbocycles. The standard InChI is InChI=1S/C22H30NO5PS/c1-17-12-18(2)14-19(13-17)15-27-11-5-4-6-20-7-8-21(30-20)9-10-22(3,23)16-28-29(24,25)26/h7-8,12-14H,5,9-11,15-16,23H2,1-3H3,(H2,24,25,26). The molecule has 2 rings (SSSR count). The normalized spacial score (nSPS) is 13.5. The lowest BCUT2D eigenvalue weighted by atomic mass is 9.98. The van der Waals surface area contributed by atoms with E-state index in [0.717, 1.165) is 9.75 Å². The predicted octanol–water partition coefficient (Wildman–Crippen LogP) is 4.08. The van der Waals surface area contributed by atoms with Crippen LogP contribution in [0.15, 0.2) is 30.3 Å². The summed E-state index contributed by atoms with van der Waals surface area (Å²) in [6.45, 7) is 6.87. The number of thiophene rings is 1. The Morgan fingerprint density at radius 3 is 2.57 bits per heavy atom. The second-order valence-corrected chi connectivity index (χ2v) is 10.2. The predicted molar refractivity (Wildman–Crippen MR) is 120 cm³/mol. The van der Waals surface area contributed by atoms with E-state index >= 15 is 0 Å². The molecule has 0 aliphatic heterocycles. The molecular weight excluding hydrogens is 421 g/mol. The van der Waals surface area contributed by atoms with E-state index in [2.05, 4.69) is 48.4 Å². The smallest absolute Gasteiger partial charge is 0.376 e. The molecule has 1 unspecified atom stereocenters. The molecule has 0 fully saturated rings. The highest BCUT2D eigenvalue weighted by Gasteiger charge is 2.24. The van der Waals surface area contributed by atoms with Crippen molar-refractivity contribution in [1.29, 1.82) is 0 Å². The summed E-state index contributed by atoms with van der Waals surface area (Å²) < 4.78 is 21.1. The van der Waals surface area contributed by atoms with Crippen LogP contribution in [0.25, 0.3) is 0 Å². The molecule has 1 aromatic heterocycles. The molecule has 164 valence electrons. The molecule has 0 amide bonds. The minimum atomic E-state index is -4.50. The minimum absolute atomic E-state index is 0.197. The monoisotopic (exact) mass is 451 g/mol. The Kier molecular flexibility index (Phi) is 9.27. The van der Waals surface area contributed by atoms with Crippen LogP contribution in [-0.2, 0) is 26.9 Å². The summed E-state index contributed by atoms with van der Waals surface area (Å²) >= 11 is 1.60. The molecule has 30 heavy (non-hydrogen) atoms. The fraction of sp³-hybridized carbons (Fsp3) is 0.455. The third-order valence-electron chi connectivity index (χ3n) is 4.30. The van der Waals surface area contributed by atoms with E-state index in [1.54, 1.807) is 18.3 Å². The van der Waals surface area contributed by atoms with Crippen molar-refractivity contribution in [3.63, 3.8) is 0 Å². The lowest BCUT2D eigenvalue weighted by Crippen LogP contribution is -2.41. The molecule has 6 nitrogen and oxygen atoms in total. The van der Waals surface area contributed by atoms with Crippen LogP contribution in [0.5, 0.6) is 0 Å². The number of rotatable bonds is 10. The van der Waals surface area contributed by atoms with Gasteiger partial charge in [-0.2, -0.15) is 0 Å². The van der Waals surface area contributed by atoms with E-state index in [0.29, 0.717) is 32.5 Å². The van der Waals surface area contributed by atoms with Gasteiger partial charge < -0.3 is 20.3 Å². The van der Waals surface area contributed by atoms with Crippen molar-refractivity contribution in [1.82, 2.24) is 0 Å². The average Bonchev–Trinajstić information content (AvgIpc) is 3.08. The maximum absolute atomic E-state index is 10.8.